The minimum atomic E-state index is -0.907. The number of hydrogen-bond acceptors (Lipinski definition) is 3. The summed E-state index contributed by atoms with van der Waals surface area (Å²) >= 11 is 0. The lowest BCUT2D eigenvalue weighted by Gasteiger charge is -2.08. The highest BCUT2D eigenvalue weighted by Crippen LogP contribution is 2.17. The molecule has 0 radical (unpaired) electrons. The molecular weight excluding hydrogens is 340 g/mol. The molecule has 0 unspecified atom stereocenters. The Morgan fingerprint density at radius 1 is 0.852 bits per heavy atom. The quantitative estimate of drug-likeness (QED) is 0.461. The van der Waals surface area contributed by atoms with Crippen molar-refractivity contribution in [2.24, 2.45) is 0 Å². The van der Waals surface area contributed by atoms with Crippen molar-refractivity contribution in [2.45, 2.75) is 25.7 Å². The van der Waals surface area contributed by atoms with Gasteiger partial charge < -0.3 is 14.6 Å². The largest absolute Gasteiger partial charge is 0.478 e. The molecule has 4 heteroatoms. The molecule has 0 aliphatic heterocycles. The first kappa shape index (κ1) is 20.9. The number of aromatic carboxylic acids is 1. The summed E-state index contributed by atoms with van der Waals surface area (Å²) < 4.78 is 10.3. The van der Waals surface area contributed by atoms with Crippen LogP contribution in [0.4, 0.5) is 0 Å². The second-order valence-electron chi connectivity index (χ2n) is 6.54. The first-order valence-corrected chi connectivity index (χ1v) is 9.24. The van der Waals surface area contributed by atoms with Crippen LogP contribution in [0, 0.1) is 0 Å². The molecule has 0 saturated carbocycles. The van der Waals surface area contributed by atoms with E-state index in [2.05, 4.69) is 24.3 Å². The van der Waals surface area contributed by atoms with Gasteiger partial charge in [-0.3, -0.25) is 0 Å². The first-order valence-electron chi connectivity index (χ1n) is 9.24. The monoisotopic (exact) mass is 368 g/mol. The topological polar surface area (TPSA) is 55.8 Å². The zero-order valence-electron chi connectivity index (χ0n) is 16.1. The predicted octanol–water partition coefficient (Wildman–Crippen LogP) is 4.71. The average Bonchev–Trinajstić information content (AvgIpc) is 2.67. The van der Waals surface area contributed by atoms with Gasteiger partial charge >= 0.3 is 5.97 Å². The van der Waals surface area contributed by atoms with Crippen molar-refractivity contribution in [3.8, 4) is 0 Å². The van der Waals surface area contributed by atoms with Crippen LogP contribution in [0.2, 0.25) is 0 Å². The molecule has 1 N–H and O–H groups in total. The Bertz CT molecular complexity index is 719. The van der Waals surface area contributed by atoms with Crippen molar-refractivity contribution in [1.82, 2.24) is 0 Å². The maximum Gasteiger partial charge on any atom is 0.335 e. The molecule has 27 heavy (non-hydrogen) atoms. The molecule has 0 fully saturated rings. The normalized spacial score (nSPS) is 11.2. The van der Waals surface area contributed by atoms with Gasteiger partial charge in [0, 0.05) is 27.4 Å². The third-order valence-electron chi connectivity index (χ3n) is 4.33. The summed E-state index contributed by atoms with van der Waals surface area (Å²) in [5.41, 5.74) is 5.05. The zero-order chi connectivity index (χ0) is 19.5. The van der Waals surface area contributed by atoms with Crippen LogP contribution in [-0.2, 0) is 22.3 Å². The van der Waals surface area contributed by atoms with E-state index < -0.39 is 5.97 Å². The van der Waals surface area contributed by atoms with Gasteiger partial charge in [-0.15, -0.1) is 0 Å². The van der Waals surface area contributed by atoms with Crippen LogP contribution in [0.25, 0.3) is 12.2 Å². The molecule has 0 aliphatic rings. The Hall–Kier alpha value is -2.43. The van der Waals surface area contributed by atoms with Crippen molar-refractivity contribution in [2.75, 3.05) is 27.4 Å². The van der Waals surface area contributed by atoms with E-state index in [1.54, 1.807) is 26.4 Å². The molecule has 144 valence electrons. The third-order valence-corrected chi connectivity index (χ3v) is 4.33. The van der Waals surface area contributed by atoms with Crippen LogP contribution in [0.5, 0.6) is 0 Å². The number of methoxy groups -OCH3 is 2. The van der Waals surface area contributed by atoms with Crippen molar-refractivity contribution in [3.05, 3.63) is 70.3 Å². The van der Waals surface area contributed by atoms with E-state index in [-0.39, 0.29) is 0 Å². The van der Waals surface area contributed by atoms with Crippen LogP contribution in [0.15, 0.2) is 42.5 Å². The van der Waals surface area contributed by atoms with Gasteiger partial charge in [-0.1, -0.05) is 42.5 Å². The van der Waals surface area contributed by atoms with Crippen molar-refractivity contribution in [1.29, 1.82) is 0 Å². The fraction of sp³-hybridized carbons (Fsp3) is 0.348. The molecule has 0 atom stereocenters. The maximum absolute atomic E-state index is 10.9. The summed E-state index contributed by atoms with van der Waals surface area (Å²) in [7, 11) is 3.45. The molecule has 0 saturated heterocycles. The molecule has 0 aromatic heterocycles. The summed E-state index contributed by atoms with van der Waals surface area (Å²) in [5, 5.41) is 8.99. The molecule has 0 aliphatic carbocycles. The number of rotatable bonds is 11. The highest BCUT2D eigenvalue weighted by molar-refractivity contribution is 5.88. The Balaban J connectivity index is 2.15. The number of carbonyl (C=O) groups is 1. The van der Waals surface area contributed by atoms with Gasteiger partial charge in [0.1, 0.15) is 0 Å². The van der Waals surface area contributed by atoms with Crippen molar-refractivity contribution < 1.29 is 19.4 Å². The Morgan fingerprint density at radius 3 is 1.85 bits per heavy atom. The fourth-order valence-electron chi connectivity index (χ4n) is 2.95. The number of carboxylic acids is 1. The molecule has 2 aromatic carbocycles. The van der Waals surface area contributed by atoms with Gasteiger partial charge in [0.15, 0.2) is 0 Å². The minimum absolute atomic E-state index is 0.299. The van der Waals surface area contributed by atoms with Crippen LogP contribution in [0.1, 0.15) is 45.5 Å². The van der Waals surface area contributed by atoms with Gasteiger partial charge in [0.25, 0.3) is 0 Å². The fourth-order valence-corrected chi connectivity index (χ4v) is 2.95. The summed E-state index contributed by atoms with van der Waals surface area (Å²) in [5.74, 6) is -0.907. The SMILES string of the molecule is COCCCc1cc(C=Cc2ccc(C(=O)O)cc2)cc(CCCOC)c1. The standard InChI is InChI=1S/C23H28O4/c1-26-13-3-5-19-15-20(6-4-14-27-2)17-21(16-19)8-7-18-9-11-22(12-10-18)23(24)25/h7-12,15-17H,3-6,13-14H2,1-2H3,(H,24,25). The van der Waals surface area contributed by atoms with E-state index in [0.29, 0.717) is 5.56 Å². The van der Waals surface area contributed by atoms with E-state index in [4.69, 9.17) is 14.6 Å². The molecule has 2 rings (SSSR count). The van der Waals surface area contributed by atoms with Crippen LogP contribution in [0.3, 0.4) is 0 Å². The summed E-state index contributed by atoms with van der Waals surface area (Å²) in [6.45, 7) is 1.52. The van der Waals surface area contributed by atoms with E-state index in [1.165, 1.54) is 11.1 Å². The second-order valence-corrected chi connectivity index (χ2v) is 6.54. The van der Waals surface area contributed by atoms with E-state index in [1.807, 2.05) is 18.2 Å². The number of aryl methyl sites for hydroxylation is 2. The molecule has 0 heterocycles. The van der Waals surface area contributed by atoms with Crippen LogP contribution >= 0.6 is 0 Å². The van der Waals surface area contributed by atoms with Crippen LogP contribution in [-0.4, -0.2) is 38.5 Å². The second kappa shape index (κ2) is 11.3. The van der Waals surface area contributed by atoms with Crippen molar-refractivity contribution in [3.63, 3.8) is 0 Å². The summed E-state index contributed by atoms with van der Waals surface area (Å²) in [4.78, 5) is 10.9. The molecule has 2 aromatic rings. The maximum atomic E-state index is 10.9. The lowest BCUT2D eigenvalue weighted by atomic mass is 9.99. The minimum Gasteiger partial charge on any atom is -0.478 e. The lowest BCUT2D eigenvalue weighted by molar-refractivity contribution is 0.0697. The third kappa shape index (κ3) is 7.37. The Kier molecular flexibility index (Phi) is 8.75. The van der Waals surface area contributed by atoms with Gasteiger partial charge in [-0.05, 0) is 60.1 Å². The molecule has 0 bridgehead atoms. The molecule has 0 amide bonds. The predicted molar refractivity (Wildman–Crippen MR) is 109 cm³/mol. The smallest absolute Gasteiger partial charge is 0.335 e. The molecular formula is C23H28O4. The first-order chi connectivity index (χ1) is 13.1. The molecule has 0 spiro atoms. The van der Waals surface area contributed by atoms with Gasteiger partial charge in [-0.25, -0.2) is 4.79 Å². The highest BCUT2D eigenvalue weighted by Gasteiger charge is 2.02. The van der Waals surface area contributed by atoms with Gasteiger partial charge in [0.2, 0.25) is 0 Å². The Morgan fingerprint density at radius 2 is 1.37 bits per heavy atom. The number of benzene rings is 2. The number of hydrogen-bond donors (Lipinski definition) is 1. The van der Waals surface area contributed by atoms with Gasteiger partial charge in [0.05, 0.1) is 5.56 Å². The lowest BCUT2D eigenvalue weighted by Crippen LogP contribution is -1.97. The highest BCUT2D eigenvalue weighted by atomic mass is 16.5. The average molecular weight is 368 g/mol. The summed E-state index contributed by atoms with van der Waals surface area (Å²) in [6, 6.07) is 13.6. The van der Waals surface area contributed by atoms with Crippen LogP contribution < -0.4 is 0 Å². The van der Waals surface area contributed by atoms with E-state index >= 15 is 0 Å². The van der Waals surface area contributed by atoms with Gasteiger partial charge in [-0.2, -0.15) is 0 Å². The number of carboxylic acid groups (broad SMARTS) is 1. The van der Waals surface area contributed by atoms with E-state index in [0.717, 1.165) is 50.0 Å². The van der Waals surface area contributed by atoms with Crippen molar-refractivity contribution >= 4 is 18.1 Å². The van der Waals surface area contributed by atoms with E-state index in [9.17, 15) is 4.79 Å². The Labute approximate surface area is 161 Å². The summed E-state index contributed by atoms with van der Waals surface area (Å²) in [6.07, 6.45) is 8.06. The number of ether oxygens (including phenoxy) is 2. The molecule has 4 nitrogen and oxygen atoms in total. The zero-order valence-corrected chi connectivity index (χ0v) is 16.1.